The molecule has 0 aliphatic rings. The van der Waals surface area contributed by atoms with Crippen LogP contribution in [0.25, 0.3) is 0 Å². The Balaban J connectivity index is 3.00. The summed E-state index contributed by atoms with van der Waals surface area (Å²) in [6.45, 7) is 1.46. The van der Waals surface area contributed by atoms with Gasteiger partial charge < -0.3 is 14.6 Å². The Morgan fingerprint density at radius 2 is 2.19 bits per heavy atom. The number of benzene rings is 1. The molecule has 0 spiro atoms. The number of methoxy groups -OCH3 is 1. The van der Waals surface area contributed by atoms with Gasteiger partial charge in [-0.2, -0.15) is 0 Å². The van der Waals surface area contributed by atoms with Crippen molar-refractivity contribution >= 4 is 11.6 Å². The Labute approximate surface area is 98.7 Å². The molecule has 5 heteroatoms. The van der Waals surface area contributed by atoms with Gasteiger partial charge in [0.05, 0.1) is 6.10 Å². The van der Waals surface area contributed by atoms with Crippen LogP contribution in [-0.2, 0) is 9.47 Å². The highest BCUT2D eigenvalue weighted by Crippen LogP contribution is 2.30. The van der Waals surface area contributed by atoms with E-state index in [1.54, 1.807) is 6.07 Å². The van der Waals surface area contributed by atoms with Crippen molar-refractivity contribution in [2.45, 2.75) is 19.1 Å². The van der Waals surface area contributed by atoms with E-state index in [2.05, 4.69) is 0 Å². The molecule has 0 fully saturated rings. The summed E-state index contributed by atoms with van der Waals surface area (Å²) in [6.07, 6.45) is -1.72. The Bertz CT molecular complexity index is 324. The van der Waals surface area contributed by atoms with Crippen molar-refractivity contribution in [3.8, 4) is 0 Å². The number of hydrogen-bond acceptors (Lipinski definition) is 3. The largest absolute Gasteiger partial charge is 0.390 e. The van der Waals surface area contributed by atoms with E-state index in [0.29, 0.717) is 0 Å². The molecular formula is C11H14ClFO3. The maximum atomic E-state index is 13.6. The normalized spacial score (nSPS) is 14.8. The summed E-state index contributed by atoms with van der Waals surface area (Å²) in [7, 11) is 1.45. The lowest BCUT2D eigenvalue weighted by molar-refractivity contribution is -0.111. The van der Waals surface area contributed by atoms with Gasteiger partial charge in [0.1, 0.15) is 18.7 Å². The number of aliphatic hydroxyl groups excluding tert-OH is 1. The second kappa shape index (κ2) is 6.15. The molecule has 16 heavy (non-hydrogen) atoms. The van der Waals surface area contributed by atoms with Crippen LogP contribution in [0.2, 0.25) is 5.02 Å². The van der Waals surface area contributed by atoms with Crippen molar-refractivity contribution in [2.75, 3.05) is 13.9 Å². The molecule has 1 rings (SSSR count). The third kappa shape index (κ3) is 3.15. The molecule has 0 saturated heterocycles. The van der Waals surface area contributed by atoms with Crippen molar-refractivity contribution in [3.63, 3.8) is 0 Å². The highest BCUT2D eigenvalue weighted by Gasteiger charge is 2.24. The lowest BCUT2D eigenvalue weighted by Gasteiger charge is -2.22. The van der Waals surface area contributed by atoms with Gasteiger partial charge in [0, 0.05) is 17.7 Å². The van der Waals surface area contributed by atoms with Crippen molar-refractivity contribution in [1.82, 2.24) is 0 Å². The van der Waals surface area contributed by atoms with Crippen LogP contribution in [0.1, 0.15) is 18.6 Å². The molecular weight excluding hydrogens is 235 g/mol. The Kier molecular flexibility index (Phi) is 5.15. The van der Waals surface area contributed by atoms with Crippen LogP contribution in [0.4, 0.5) is 4.39 Å². The number of ether oxygens (including phenoxy) is 2. The molecule has 1 aromatic carbocycles. The first-order valence-corrected chi connectivity index (χ1v) is 5.18. The minimum atomic E-state index is -0.885. The number of aliphatic hydroxyl groups is 1. The average Bonchev–Trinajstić information content (AvgIpc) is 2.21. The zero-order chi connectivity index (χ0) is 12.1. The van der Waals surface area contributed by atoms with Crippen molar-refractivity contribution < 1.29 is 19.0 Å². The van der Waals surface area contributed by atoms with Crippen LogP contribution in [0.3, 0.4) is 0 Å². The van der Waals surface area contributed by atoms with Gasteiger partial charge in [0.15, 0.2) is 0 Å². The van der Waals surface area contributed by atoms with E-state index in [4.69, 9.17) is 21.1 Å². The standard InChI is InChI=1S/C11H14ClFO3/c1-7(14)11(16-6-15-2)10-8(12)4-3-5-9(10)13/h3-5,7,11,14H,6H2,1-2H3/t7-,11+/m0/s1. The van der Waals surface area contributed by atoms with Gasteiger partial charge in [-0.25, -0.2) is 4.39 Å². The molecule has 0 aliphatic carbocycles. The predicted octanol–water partition coefficient (Wildman–Crippen LogP) is 2.52. The molecule has 0 heterocycles. The van der Waals surface area contributed by atoms with Crippen LogP contribution in [0.15, 0.2) is 18.2 Å². The first kappa shape index (κ1) is 13.4. The highest BCUT2D eigenvalue weighted by molar-refractivity contribution is 6.31. The summed E-state index contributed by atoms with van der Waals surface area (Å²) in [4.78, 5) is 0. The summed E-state index contributed by atoms with van der Waals surface area (Å²) in [5.41, 5.74) is 0.149. The lowest BCUT2D eigenvalue weighted by Crippen LogP contribution is -2.20. The fourth-order valence-corrected chi connectivity index (χ4v) is 1.66. The van der Waals surface area contributed by atoms with Crippen LogP contribution >= 0.6 is 11.6 Å². The highest BCUT2D eigenvalue weighted by atomic mass is 35.5. The smallest absolute Gasteiger partial charge is 0.147 e. The molecule has 0 bridgehead atoms. The molecule has 0 unspecified atom stereocenters. The maximum absolute atomic E-state index is 13.6. The van der Waals surface area contributed by atoms with Crippen molar-refractivity contribution in [1.29, 1.82) is 0 Å². The number of hydrogen-bond donors (Lipinski definition) is 1. The van der Waals surface area contributed by atoms with Gasteiger partial charge in [-0.1, -0.05) is 17.7 Å². The topological polar surface area (TPSA) is 38.7 Å². The predicted molar refractivity (Wildman–Crippen MR) is 58.8 cm³/mol. The minimum absolute atomic E-state index is 0.0414. The van der Waals surface area contributed by atoms with E-state index in [1.165, 1.54) is 26.2 Å². The molecule has 0 saturated carbocycles. The first-order chi connectivity index (χ1) is 7.57. The SMILES string of the molecule is COCO[C@@H](c1c(F)cccc1Cl)[C@H](C)O. The third-order valence-electron chi connectivity index (χ3n) is 2.09. The lowest BCUT2D eigenvalue weighted by atomic mass is 10.0. The van der Waals surface area contributed by atoms with Gasteiger partial charge >= 0.3 is 0 Å². The average molecular weight is 249 g/mol. The van der Waals surface area contributed by atoms with Crippen molar-refractivity contribution in [2.24, 2.45) is 0 Å². The summed E-state index contributed by atoms with van der Waals surface area (Å²) >= 11 is 5.88. The molecule has 90 valence electrons. The van der Waals surface area contributed by atoms with Crippen LogP contribution < -0.4 is 0 Å². The van der Waals surface area contributed by atoms with E-state index < -0.39 is 18.0 Å². The zero-order valence-corrected chi connectivity index (χ0v) is 9.87. The molecule has 0 aromatic heterocycles. The number of rotatable bonds is 5. The second-order valence-corrected chi connectivity index (χ2v) is 3.78. The molecule has 0 amide bonds. The monoisotopic (exact) mass is 248 g/mol. The van der Waals surface area contributed by atoms with E-state index in [0.717, 1.165) is 0 Å². The van der Waals surface area contributed by atoms with E-state index >= 15 is 0 Å². The van der Waals surface area contributed by atoms with Crippen molar-refractivity contribution in [3.05, 3.63) is 34.6 Å². The molecule has 1 aromatic rings. The van der Waals surface area contributed by atoms with E-state index in [9.17, 15) is 9.50 Å². The van der Waals surface area contributed by atoms with Gasteiger partial charge in [-0.05, 0) is 19.1 Å². The molecule has 1 N–H and O–H groups in total. The molecule has 3 nitrogen and oxygen atoms in total. The van der Waals surface area contributed by atoms with Gasteiger partial charge in [-0.3, -0.25) is 0 Å². The molecule has 0 aliphatic heterocycles. The van der Waals surface area contributed by atoms with E-state index in [-0.39, 0.29) is 17.4 Å². The fourth-order valence-electron chi connectivity index (χ4n) is 1.39. The van der Waals surface area contributed by atoms with Crippen LogP contribution in [0, 0.1) is 5.82 Å². The van der Waals surface area contributed by atoms with Gasteiger partial charge in [0.25, 0.3) is 0 Å². The van der Waals surface area contributed by atoms with E-state index in [1.807, 2.05) is 0 Å². The van der Waals surface area contributed by atoms with Crippen LogP contribution in [-0.4, -0.2) is 25.1 Å². The summed E-state index contributed by atoms with van der Waals surface area (Å²) in [5, 5.41) is 9.76. The first-order valence-electron chi connectivity index (χ1n) is 4.80. The molecule has 2 atom stereocenters. The zero-order valence-electron chi connectivity index (χ0n) is 9.11. The van der Waals surface area contributed by atoms with Gasteiger partial charge in [0.2, 0.25) is 0 Å². The van der Waals surface area contributed by atoms with Crippen LogP contribution in [0.5, 0.6) is 0 Å². The Morgan fingerprint density at radius 1 is 1.50 bits per heavy atom. The Hall–Kier alpha value is -0.680. The minimum Gasteiger partial charge on any atom is -0.390 e. The summed E-state index contributed by atoms with van der Waals surface area (Å²) in [5.74, 6) is -0.505. The molecule has 0 radical (unpaired) electrons. The second-order valence-electron chi connectivity index (χ2n) is 3.37. The number of halogens is 2. The maximum Gasteiger partial charge on any atom is 0.147 e. The summed E-state index contributed by atoms with van der Waals surface area (Å²) < 4.78 is 23.5. The third-order valence-corrected chi connectivity index (χ3v) is 2.42. The Morgan fingerprint density at radius 3 is 2.69 bits per heavy atom. The van der Waals surface area contributed by atoms with Gasteiger partial charge in [-0.15, -0.1) is 0 Å². The summed E-state index contributed by atoms with van der Waals surface area (Å²) in [6, 6.07) is 4.31. The fraction of sp³-hybridized carbons (Fsp3) is 0.455. The quantitative estimate of drug-likeness (QED) is 0.814.